The second-order valence-corrected chi connectivity index (χ2v) is 6.04. The number of carbonyl (C=O) groups is 1. The average Bonchev–Trinajstić information content (AvgIpc) is 3.27. The molecule has 0 bridgehead atoms. The molecule has 28 heavy (non-hydrogen) atoms. The molecule has 0 aliphatic carbocycles. The number of furan rings is 1. The van der Waals surface area contributed by atoms with Gasteiger partial charge in [-0.25, -0.2) is 4.79 Å². The first kappa shape index (κ1) is 17.6. The van der Waals surface area contributed by atoms with Gasteiger partial charge in [-0.15, -0.1) is 0 Å². The average molecular weight is 376 g/mol. The van der Waals surface area contributed by atoms with Crippen molar-refractivity contribution in [2.75, 3.05) is 7.11 Å². The highest BCUT2D eigenvalue weighted by atomic mass is 16.5. The Morgan fingerprint density at radius 2 is 1.79 bits per heavy atom. The van der Waals surface area contributed by atoms with Gasteiger partial charge in [0.1, 0.15) is 12.2 Å². The number of carbonyl (C=O) groups excluding carboxylic acids is 1. The van der Waals surface area contributed by atoms with Crippen molar-refractivity contribution in [1.29, 1.82) is 0 Å². The van der Waals surface area contributed by atoms with E-state index >= 15 is 0 Å². The van der Waals surface area contributed by atoms with Gasteiger partial charge >= 0.3 is 5.97 Å². The maximum Gasteiger partial charge on any atom is 0.337 e. The molecule has 0 aliphatic rings. The van der Waals surface area contributed by atoms with E-state index in [1.54, 1.807) is 60.7 Å². The summed E-state index contributed by atoms with van der Waals surface area (Å²) in [6.45, 7) is 0.123. The van der Waals surface area contributed by atoms with Gasteiger partial charge in [0.05, 0.1) is 24.3 Å². The summed E-state index contributed by atoms with van der Waals surface area (Å²) in [5.74, 6) is 0.298. The standard InChI is InChI=1S/C22H16O6/c1-25-22(24)15-10-8-14(9-11-15)13-27-21-19(23)16-5-2-3-6-17(16)28-20(21)18-7-4-12-26-18/h2-12H,13H2,1H3. The van der Waals surface area contributed by atoms with Crippen molar-refractivity contribution in [3.63, 3.8) is 0 Å². The van der Waals surface area contributed by atoms with E-state index in [-0.39, 0.29) is 23.5 Å². The Kier molecular flexibility index (Phi) is 4.68. The molecule has 0 N–H and O–H groups in total. The molecule has 6 heteroatoms. The van der Waals surface area contributed by atoms with Gasteiger partial charge in [-0.3, -0.25) is 4.79 Å². The predicted octanol–water partition coefficient (Wildman–Crippen LogP) is 4.42. The fourth-order valence-electron chi connectivity index (χ4n) is 2.84. The molecule has 4 rings (SSSR count). The number of hydrogen-bond donors (Lipinski definition) is 0. The van der Waals surface area contributed by atoms with Crippen LogP contribution in [0.5, 0.6) is 5.75 Å². The molecule has 0 aliphatic heterocycles. The third-order valence-electron chi connectivity index (χ3n) is 4.26. The first-order valence-corrected chi connectivity index (χ1v) is 8.57. The largest absolute Gasteiger partial charge is 0.481 e. The summed E-state index contributed by atoms with van der Waals surface area (Å²) in [4.78, 5) is 24.5. The quantitative estimate of drug-likeness (QED) is 0.480. The van der Waals surface area contributed by atoms with E-state index in [0.717, 1.165) is 5.56 Å². The van der Waals surface area contributed by atoms with E-state index in [1.165, 1.54) is 13.4 Å². The molecule has 0 amide bonds. The Bertz CT molecular complexity index is 1170. The molecule has 0 atom stereocenters. The Morgan fingerprint density at radius 3 is 2.50 bits per heavy atom. The van der Waals surface area contributed by atoms with Crippen molar-refractivity contribution >= 4 is 16.9 Å². The summed E-state index contributed by atoms with van der Waals surface area (Å²) < 4.78 is 21.8. The van der Waals surface area contributed by atoms with Gasteiger partial charge in [0.15, 0.2) is 5.76 Å². The summed E-state index contributed by atoms with van der Waals surface area (Å²) in [5.41, 5.74) is 1.39. The van der Waals surface area contributed by atoms with Crippen molar-refractivity contribution in [2.24, 2.45) is 0 Å². The smallest absolute Gasteiger partial charge is 0.337 e. The Balaban J connectivity index is 1.70. The van der Waals surface area contributed by atoms with Gasteiger partial charge in [0.2, 0.25) is 16.9 Å². The second-order valence-electron chi connectivity index (χ2n) is 6.04. The third kappa shape index (κ3) is 3.27. The molecule has 0 fully saturated rings. The lowest BCUT2D eigenvalue weighted by molar-refractivity contribution is 0.0600. The number of ether oxygens (including phenoxy) is 2. The number of rotatable bonds is 5. The number of esters is 1. The van der Waals surface area contributed by atoms with Gasteiger partial charge in [-0.05, 0) is 42.0 Å². The lowest BCUT2D eigenvalue weighted by Gasteiger charge is -2.10. The van der Waals surface area contributed by atoms with Crippen LogP contribution in [0.3, 0.4) is 0 Å². The predicted molar refractivity (Wildman–Crippen MR) is 102 cm³/mol. The van der Waals surface area contributed by atoms with Crippen molar-refractivity contribution in [3.8, 4) is 17.3 Å². The van der Waals surface area contributed by atoms with E-state index in [1.807, 2.05) is 0 Å². The molecule has 2 heterocycles. The van der Waals surface area contributed by atoms with Crippen molar-refractivity contribution in [3.05, 3.63) is 88.3 Å². The Morgan fingerprint density at radius 1 is 1.00 bits per heavy atom. The highest BCUT2D eigenvalue weighted by molar-refractivity contribution is 5.89. The topological polar surface area (TPSA) is 78.9 Å². The zero-order valence-corrected chi connectivity index (χ0v) is 15.0. The minimum Gasteiger partial charge on any atom is -0.481 e. The van der Waals surface area contributed by atoms with Gasteiger partial charge in [0, 0.05) is 0 Å². The molecule has 0 spiro atoms. The molecule has 0 radical (unpaired) electrons. The third-order valence-corrected chi connectivity index (χ3v) is 4.26. The van der Waals surface area contributed by atoms with Gasteiger partial charge in [0.25, 0.3) is 0 Å². The van der Waals surface area contributed by atoms with E-state index in [2.05, 4.69) is 4.74 Å². The van der Waals surface area contributed by atoms with Crippen LogP contribution in [-0.4, -0.2) is 13.1 Å². The van der Waals surface area contributed by atoms with Gasteiger partial charge in [-0.2, -0.15) is 0 Å². The summed E-state index contributed by atoms with van der Waals surface area (Å²) in [5, 5.41) is 0.425. The van der Waals surface area contributed by atoms with Crippen LogP contribution in [0.15, 0.2) is 80.6 Å². The van der Waals surface area contributed by atoms with E-state index in [4.69, 9.17) is 13.6 Å². The monoisotopic (exact) mass is 376 g/mol. The first-order valence-electron chi connectivity index (χ1n) is 8.57. The molecule has 140 valence electrons. The summed E-state index contributed by atoms with van der Waals surface area (Å²) in [6, 6.07) is 17.1. The molecule has 0 unspecified atom stereocenters. The van der Waals surface area contributed by atoms with Crippen LogP contribution < -0.4 is 10.2 Å². The summed E-state index contributed by atoms with van der Waals surface area (Å²) >= 11 is 0. The van der Waals surface area contributed by atoms with Crippen molar-refractivity contribution in [2.45, 2.75) is 6.61 Å². The van der Waals surface area contributed by atoms with Gasteiger partial charge < -0.3 is 18.3 Å². The maximum atomic E-state index is 13.0. The summed E-state index contributed by atoms with van der Waals surface area (Å²) in [7, 11) is 1.33. The van der Waals surface area contributed by atoms with Crippen LogP contribution >= 0.6 is 0 Å². The SMILES string of the molecule is COC(=O)c1ccc(COc2c(-c3ccco3)oc3ccccc3c2=O)cc1. The highest BCUT2D eigenvalue weighted by Crippen LogP contribution is 2.31. The number of para-hydroxylation sites is 1. The number of benzene rings is 2. The normalized spacial score (nSPS) is 10.8. The van der Waals surface area contributed by atoms with E-state index < -0.39 is 5.97 Å². The van der Waals surface area contributed by atoms with Crippen LogP contribution in [-0.2, 0) is 11.3 Å². The lowest BCUT2D eigenvalue weighted by Crippen LogP contribution is -2.10. The maximum absolute atomic E-state index is 13.0. The summed E-state index contributed by atoms with van der Waals surface area (Å²) in [6.07, 6.45) is 1.50. The molecule has 6 nitrogen and oxygen atoms in total. The minimum atomic E-state index is -0.414. The van der Waals surface area contributed by atoms with Gasteiger partial charge in [-0.1, -0.05) is 24.3 Å². The fraction of sp³-hybridized carbons (Fsp3) is 0.0909. The van der Waals surface area contributed by atoms with E-state index in [0.29, 0.717) is 22.3 Å². The molecule has 0 saturated carbocycles. The molecule has 2 aromatic heterocycles. The number of fused-ring (bicyclic) bond motifs is 1. The van der Waals surface area contributed by atoms with Crippen molar-refractivity contribution in [1.82, 2.24) is 0 Å². The Hall–Kier alpha value is -3.80. The van der Waals surface area contributed by atoms with E-state index in [9.17, 15) is 9.59 Å². The number of hydrogen-bond acceptors (Lipinski definition) is 6. The van der Waals surface area contributed by atoms with Crippen LogP contribution in [0, 0.1) is 0 Å². The minimum absolute atomic E-state index is 0.0747. The molecular formula is C22H16O6. The van der Waals surface area contributed by atoms with Crippen LogP contribution in [0.1, 0.15) is 15.9 Å². The first-order chi connectivity index (χ1) is 13.7. The van der Waals surface area contributed by atoms with Crippen molar-refractivity contribution < 1.29 is 23.1 Å². The molecular weight excluding hydrogens is 360 g/mol. The Labute approximate surface area is 159 Å². The number of methoxy groups -OCH3 is 1. The molecule has 0 saturated heterocycles. The zero-order chi connectivity index (χ0) is 19.5. The highest BCUT2D eigenvalue weighted by Gasteiger charge is 2.19. The van der Waals surface area contributed by atoms with Crippen LogP contribution in [0.4, 0.5) is 0 Å². The molecule has 2 aromatic carbocycles. The van der Waals surface area contributed by atoms with Crippen LogP contribution in [0.2, 0.25) is 0 Å². The zero-order valence-electron chi connectivity index (χ0n) is 15.0. The lowest BCUT2D eigenvalue weighted by atomic mass is 10.1. The van der Waals surface area contributed by atoms with Crippen LogP contribution in [0.25, 0.3) is 22.5 Å². The fourth-order valence-corrected chi connectivity index (χ4v) is 2.84. The second kappa shape index (κ2) is 7.44. The molecule has 4 aromatic rings.